The number of hydrogen-bond acceptors (Lipinski definition) is 5. The maximum atomic E-state index is 14.1. The summed E-state index contributed by atoms with van der Waals surface area (Å²) >= 11 is 11.5. The Morgan fingerprint density at radius 3 is 2.43 bits per heavy atom. The van der Waals surface area contributed by atoms with Crippen molar-refractivity contribution in [1.82, 2.24) is 0 Å². The molecule has 0 aromatic heterocycles. The molecule has 0 saturated carbocycles. The van der Waals surface area contributed by atoms with Gasteiger partial charge in [-0.15, -0.1) is 0 Å². The van der Waals surface area contributed by atoms with Crippen molar-refractivity contribution in [3.05, 3.63) is 57.6 Å². The SMILES string of the molecule is OCc1cc(Cl)ccc1OC[C@]1(O)CCN(c2c(F)cc(Cl)cc2F)C[C@H]1O. The van der Waals surface area contributed by atoms with Crippen LogP contribution < -0.4 is 9.64 Å². The highest BCUT2D eigenvalue weighted by Crippen LogP contribution is 2.33. The Hall–Kier alpha value is -1.64. The van der Waals surface area contributed by atoms with E-state index >= 15 is 0 Å². The van der Waals surface area contributed by atoms with Gasteiger partial charge in [-0.25, -0.2) is 8.78 Å². The Morgan fingerprint density at radius 1 is 1.14 bits per heavy atom. The first-order chi connectivity index (χ1) is 13.2. The molecule has 3 rings (SSSR count). The third-order valence-electron chi connectivity index (χ3n) is 4.80. The molecule has 2 atom stereocenters. The quantitative estimate of drug-likeness (QED) is 0.675. The monoisotopic (exact) mass is 433 g/mol. The van der Waals surface area contributed by atoms with Gasteiger partial charge in [-0.1, -0.05) is 23.2 Å². The predicted molar refractivity (Wildman–Crippen MR) is 102 cm³/mol. The first kappa shape index (κ1) is 21.1. The molecule has 3 N–H and O–H groups in total. The molecule has 152 valence electrons. The minimum Gasteiger partial charge on any atom is -0.490 e. The van der Waals surface area contributed by atoms with E-state index < -0.39 is 23.3 Å². The molecule has 1 fully saturated rings. The van der Waals surface area contributed by atoms with Gasteiger partial charge in [-0.3, -0.25) is 0 Å². The molecule has 0 aliphatic carbocycles. The van der Waals surface area contributed by atoms with E-state index in [9.17, 15) is 24.1 Å². The zero-order valence-electron chi connectivity index (χ0n) is 14.7. The van der Waals surface area contributed by atoms with Crippen LogP contribution in [0.15, 0.2) is 30.3 Å². The van der Waals surface area contributed by atoms with Crippen LogP contribution in [0.4, 0.5) is 14.5 Å². The highest BCUT2D eigenvalue weighted by molar-refractivity contribution is 6.31. The molecule has 2 aromatic rings. The predicted octanol–water partition coefficient (Wildman–Crippen LogP) is 3.15. The zero-order valence-corrected chi connectivity index (χ0v) is 16.2. The standard InChI is InChI=1S/C19H19Cl2F2NO4/c20-12-1-2-16(11(5-12)9-25)28-10-19(27)3-4-24(8-17(19)26)18-14(22)6-13(21)7-15(18)23/h1-2,5-7,17,25-27H,3-4,8-10H2/t17-,19-/m1/s1. The van der Waals surface area contributed by atoms with Gasteiger partial charge < -0.3 is 25.0 Å². The average Bonchev–Trinajstić information content (AvgIpc) is 2.63. The molecule has 1 aliphatic heterocycles. The van der Waals surface area contributed by atoms with Crippen LogP contribution in [0.2, 0.25) is 10.0 Å². The summed E-state index contributed by atoms with van der Waals surface area (Å²) in [6.45, 7) is -0.662. The molecule has 0 spiro atoms. The number of piperidine rings is 1. The topological polar surface area (TPSA) is 73.2 Å². The average molecular weight is 434 g/mol. The first-order valence-corrected chi connectivity index (χ1v) is 9.31. The Morgan fingerprint density at radius 2 is 1.82 bits per heavy atom. The van der Waals surface area contributed by atoms with E-state index in [1.165, 1.54) is 11.0 Å². The minimum atomic E-state index is -1.62. The number of aliphatic hydroxyl groups is 3. The number of aliphatic hydroxyl groups excluding tert-OH is 2. The lowest BCUT2D eigenvalue weighted by atomic mass is 9.89. The Bertz CT molecular complexity index is 847. The van der Waals surface area contributed by atoms with Gasteiger partial charge in [0, 0.05) is 28.7 Å². The van der Waals surface area contributed by atoms with Gasteiger partial charge in [0.25, 0.3) is 0 Å². The molecule has 0 unspecified atom stereocenters. The lowest BCUT2D eigenvalue weighted by Crippen LogP contribution is -2.58. The second-order valence-corrected chi connectivity index (χ2v) is 7.61. The molecule has 2 aromatic carbocycles. The van der Waals surface area contributed by atoms with E-state index in [1.54, 1.807) is 12.1 Å². The minimum absolute atomic E-state index is 0.0116. The van der Waals surface area contributed by atoms with Crippen LogP contribution in [0.25, 0.3) is 0 Å². The van der Waals surface area contributed by atoms with Gasteiger partial charge in [0.2, 0.25) is 0 Å². The largest absolute Gasteiger partial charge is 0.490 e. The second kappa shape index (κ2) is 8.39. The van der Waals surface area contributed by atoms with Gasteiger partial charge in [-0.2, -0.15) is 0 Å². The number of ether oxygens (including phenoxy) is 1. The van der Waals surface area contributed by atoms with Gasteiger partial charge in [0.1, 0.15) is 29.7 Å². The van der Waals surface area contributed by atoms with E-state index in [1.807, 2.05) is 0 Å². The summed E-state index contributed by atoms with van der Waals surface area (Å²) in [5.41, 5.74) is -1.48. The van der Waals surface area contributed by atoms with Gasteiger partial charge in [-0.05, 0) is 36.8 Å². The van der Waals surface area contributed by atoms with Gasteiger partial charge in [0.15, 0.2) is 11.6 Å². The Kier molecular flexibility index (Phi) is 6.31. The van der Waals surface area contributed by atoms with Gasteiger partial charge >= 0.3 is 0 Å². The van der Waals surface area contributed by atoms with Crippen molar-refractivity contribution in [3.63, 3.8) is 0 Å². The highest BCUT2D eigenvalue weighted by atomic mass is 35.5. The highest BCUT2D eigenvalue weighted by Gasteiger charge is 2.42. The molecule has 1 aliphatic rings. The van der Waals surface area contributed by atoms with Crippen molar-refractivity contribution in [3.8, 4) is 5.75 Å². The van der Waals surface area contributed by atoms with Crippen LogP contribution in [0, 0.1) is 11.6 Å². The van der Waals surface area contributed by atoms with Crippen LogP contribution in [0.1, 0.15) is 12.0 Å². The number of halogens is 4. The summed E-state index contributed by atoms with van der Waals surface area (Å²) in [7, 11) is 0. The number of nitrogens with zero attached hydrogens (tertiary/aromatic N) is 1. The number of benzene rings is 2. The molecule has 1 heterocycles. The molecule has 9 heteroatoms. The fourth-order valence-corrected chi connectivity index (χ4v) is 3.57. The number of anilines is 1. The summed E-state index contributed by atoms with van der Waals surface area (Å²) in [5.74, 6) is -1.36. The normalized spacial score (nSPS) is 22.4. The Labute approximate surface area is 170 Å². The lowest BCUT2D eigenvalue weighted by molar-refractivity contribution is -0.109. The Balaban J connectivity index is 1.71. The fraction of sp³-hybridized carbons (Fsp3) is 0.368. The van der Waals surface area contributed by atoms with E-state index in [2.05, 4.69) is 0 Å². The van der Waals surface area contributed by atoms with Crippen LogP contribution in [0.3, 0.4) is 0 Å². The maximum Gasteiger partial charge on any atom is 0.151 e. The van der Waals surface area contributed by atoms with Crippen molar-refractivity contribution < 1.29 is 28.8 Å². The number of β-amino-alcohol motifs (C(OH)–C–C–N with tert-alkyl or cyclic N) is 1. The third-order valence-corrected chi connectivity index (χ3v) is 5.25. The van der Waals surface area contributed by atoms with Crippen LogP contribution in [-0.4, -0.2) is 46.7 Å². The number of hydrogen-bond donors (Lipinski definition) is 3. The summed E-state index contributed by atoms with van der Waals surface area (Å²) in [4.78, 5) is 1.32. The van der Waals surface area contributed by atoms with Crippen molar-refractivity contribution in [2.75, 3.05) is 24.6 Å². The smallest absolute Gasteiger partial charge is 0.151 e. The molecule has 0 amide bonds. The molecule has 0 bridgehead atoms. The van der Waals surface area contributed by atoms with Crippen molar-refractivity contribution in [2.24, 2.45) is 0 Å². The molecular weight excluding hydrogens is 415 g/mol. The first-order valence-electron chi connectivity index (χ1n) is 8.55. The van der Waals surface area contributed by atoms with E-state index in [4.69, 9.17) is 27.9 Å². The van der Waals surface area contributed by atoms with E-state index in [0.717, 1.165) is 12.1 Å². The molecule has 5 nitrogen and oxygen atoms in total. The van der Waals surface area contributed by atoms with Crippen LogP contribution in [0.5, 0.6) is 5.75 Å². The van der Waals surface area contributed by atoms with Gasteiger partial charge in [0.05, 0.1) is 6.61 Å². The molecule has 28 heavy (non-hydrogen) atoms. The van der Waals surface area contributed by atoms with Crippen molar-refractivity contribution >= 4 is 28.9 Å². The molecule has 0 radical (unpaired) electrons. The van der Waals surface area contributed by atoms with E-state index in [-0.39, 0.29) is 43.4 Å². The van der Waals surface area contributed by atoms with Crippen molar-refractivity contribution in [1.29, 1.82) is 0 Å². The van der Waals surface area contributed by atoms with Crippen LogP contribution >= 0.6 is 23.2 Å². The summed E-state index contributed by atoms with van der Waals surface area (Å²) in [6.07, 6.45) is -1.31. The summed E-state index contributed by atoms with van der Waals surface area (Å²) < 4.78 is 33.9. The van der Waals surface area contributed by atoms with E-state index in [0.29, 0.717) is 16.3 Å². The maximum absolute atomic E-state index is 14.1. The summed E-state index contributed by atoms with van der Waals surface area (Å²) in [6, 6.07) is 6.65. The molecule has 1 saturated heterocycles. The third kappa shape index (κ3) is 4.34. The fourth-order valence-electron chi connectivity index (χ4n) is 3.19. The molecular formula is C19H19Cl2F2NO4. The number of rotatable bonds is 5. The zero-order chi connectivity index (χ0) is 20.5. The summed E-state index contributed by atoms with van der Waals surface area (Å²) in [5, 5.41) is 31.0. The second-order valence-electron chi connectivity index (χ2n) is 6.73. The van der Waals surface area contributed by atoms with Crippen molar-refractivity contribution in [2.45, 2.75) is 24.7 Å². The lowest BCUT2D eigenvalue weighted by Gasteiger charge is -2.42. The van der Waals surface area contributed by atoms with Crippen LogP contribution in [-0.2, 0) is 6.61 Å².